The predicted octanol–water partition coefficient (Wildman–Crippen LogP) is -0.183. The van der Waals surface area contributed by atoms with E-state index in [2.05, 4.69) is 0 Å². The Morgan fingerprint density at radius 3 is 2.25 bits per heavy atom. The van der Waals surface area contributed by atoms with Crippen LogP contribution in [0.3, 0.4) is 0 Å². The van der Waals surface area contributed by atoms with Crippen molar-refractivity contribution in [1.29, 1.82) is 0 Å². The number of carbonyl (C=O) groups is 2. The topological polar surface area (TPSA) is 101 Å². The number of rotatable bonds is 0. The van der Waals surface area contributed by atoms with Crippen molar-refractivity contribution in [3.05, 3.63) is 29.8 Å². The molecule has 0 radical (unpaired) electrons. The van der Waals surface area contributed by atoms with Gasteiger partial charge in [-0.15, -0.1) is 0 Å². The van der Waals surface area contributed by atoms with Crippen molar-refractivity contribution in [1.82, 2.24) is 4.72 Å². The van der Waals surface area contributed by atoms with Crippen molar-refractivity contribution in [2.75, 3.05) is 0 Å². The Bertz CT molecular complexity index is 499. The van der Waals surface area contributed by atoms with Crippen molar-refractivity contribution >= 4 is 22.4 Å². The number of sulfonamides is 1. The van der Waals surface area contributed by atoms with Crippen LogP contribution in [0.5, 0.6) is 0 Å². The molecule has 0 aliphatic carbocycles. The second kappa shape index (κ2) is 5.64. The first-order chi connectivity index (χ1) is 7.03. The Morgan fingerprint density at radius 1 is 1.25 bits per heavy atom. The Balaban J connectivity index is 0.000000511. The molecule has 2 rings (SSSR count). The molecule has 1 aromatic carbocycles. The predicted molar refractivity (Wildman–Crippen MR) is 49.8 cm³/mol. The van der Waals surface area contributed by atoms with Gasteiger partial charge >= 0.3 is 0 Å². The molecule has 1 amide bonds. The van der Waals surface area contributed by atoms with Crippen molar-refractivity contribution in [2.45, 2.75) is 4.90 Å². The number of benzene rings is 1. The summed E-state index contributed by atoms with van der Waals surface area (Å²) in [5.41, 5.74) is 0.220. The molecule has 0 bridgehead atoms. The molecule has 0 saturated carbocycles. The zero-order valence-electron chi connectivity index (χ0n) is 7.73. The fourth-order valence-corrected chi connectivity index (χ4v) is 2.29. The van der Waals surface area contributed by atoms with E-state index in [1.807, 2.05) is 4.72 Å². The first-order valence-electron chi connectivity index (χ1n) is 3.77. The molecule has 2 N–H and O–H groups in total. The van der Waals surface area contributed by atoms with Crippen LogP contribution >= 0.6 is 0 Å². The minimum Gasteiger partial charge on any atom is -0.483 e. The van der Waals surface area contributed by atoms with Crippen LogP contribution in [0.2, 0.25) is 0 Å². The van der Waals surface area contributed by atoms with Crippen molar-refractivity contribution < 1.29 is 40.2 Å². The standard InChI is InChI=1S/C7H5NO3S.CH2O2.Fe/c9-7-5-3-1-2-4-6(5)12(10,11)8-7;2-1-3;/h1-4H,(H,8,9);1H,(H,2,3);. The maximum absolute atomic E-state index is 11.1. The average molecular weight is 285 g/mol. The Morgan fingerprint density at radius 2 is 1.75 bits per heavy atom. The van der Waals surface area contributed by atoms with E-state index in [0.29, 0.717) is 0 Å². The van der Waals surface area contributed by atoms with E-state index in [4.69, 9.17) is 9.90 Å². The van der Waals surface area contributed by atoms with Crippen LogP contribution in [0.25, 0.3) is 0 Å². The normalized spacial score (nSPS) is 14.6. The number of carbonyl (C=O) groups excluding carboxylic acids is 1. The van der Waals surface area contributed by atoms with Gasteiger partial charge in [-0.1, -0.05) is 12.1 Å². The second-order valence-electron chi connectivity index (χ2n) is 2.54. The number of fused-ring (bicyclic) bond motifs is 1. The molecule has 88 valence electrons. The van der Waals surface area contributed by atoms with E-state index in [1.165, 1.54) is 12.1 Å². The molecule has 0 atom stereocenters. The quantitative estimate of drug-likeness (QED) is 0.508. The fraction of sp³-hybridized carbons (Fsp3) is 0. The Kier molecular flexibility index (Phi) is 5.16. The molecule has 0 aromatic heterocycles. The molecule has 1 aliphatic heterocycles. The van der Waals surface area contributed by atoms with Crippen LogP contribution in [-0.4, -0.2) is 25.9 Å². The van der Waals surface area contributed by atoms with Gasteiger partial charge in [0.15, 0.2) is 0 Å². The van der Waals surface area contributed by atoms with Crippen LogP contribution < -0.4 is 4.72 Å². The molecule has 0 unspecified atom stereocenters. The molecule has 1 aliphatic rings. The number of hydrogen-bond donors (Lipinski definition) is 2. The van der Waals surface area contributed by atoms with Gasteiger partial charge in [0.2, 0.25) is 0 Å². The first-order valence-corrected chi connectivity index (χ1v) is 5.25. The van der Waals surface area contributed by atoms with Crippen LogP contribution in [0.1, 0.15) is 10.4 Å². The van der Waals surface area contributed by atoms with Crippen molar-refractivity contribution in [2.24, 2.45) is 0 Å². The van der Waals surface area contributed by atoms with E-state index >= 15 is 0 Å². The van der Waals surface area contributed by atoms with Gasteiger partial charge in [-0.25, -0.2) is 13.1 Å². The van der Waals surface area contributed by atoms with Gasteiger partial charge < -0.3 is 5.11 Å². The van der Waals surface area contributed by atoms with E-state index in [0.717, 1.165) is 0 Å². The summed E-state index contributed by atoms with van der Waals surface area (Å²) >= 11 is 0. The molecule has 0 spiro atoms. The number of nitrogens with one attached hydrogen (secondary N) is 1. The second-order valence-corrected chi connectivity index (χ2v) is 4.19. The number of carboxylic acid groups (broad SMARTS) is 1. The third kappa shape index (κ3) is 2.82. The van der Waals surface area contributed by atoms with Gasteiger partial charge in [-0.2, -0.15) is 0 Å². The van der Waals surface area contributed by atoms with E-state index in [-0.39, 0.29) is 34.0 Å². The molecular formula is C8H7FeNO5S. The van der Waals surface area contributed by atoms with Gasteiger partial charge in [0.25, 0.3) is 22.4 Å². The van der Waals surface area contributed by atoms with E-state index in [1.54, 1.807) is 12.1 Å². The molecular weight excluding hydrogens is 278 g/mol. The summed E-state index contributed by atoms with van der Waals surface area (Å²) < 4.78 is 24.2. The zero-order chi connectivity index (χ0) is 11.5. The zero-order valence-corrected chi connectivity index (χ0v) is 9.65. The van der Waals surface area contributed by atoms with Gasteiger partial charge in [0, 0.05) is 17.1 Å². The van der Waals surface area contributed by atoms with Crippen LogP contribution in [0, 0.1) is 0 Å². The van der Waals surface area contributed by atoms with Gasteiger partial charge in [0.05, 0.1) is 5.56 Å². The summed E-state index contributed by atoms with van der Waals surface area (Å²) in [6, 6.07) is 6.09. The molecule has 6 nitrogen and oxygen atoms in total. The van der Waals surface area contributed by atoms with Gasteiger partial charge in [-0.05, 0) is 12.1 Å². The molecule has 16 heavy (non-hydrogen) atoms. The van der Waals surface area contributed by atoms with Gasteiger partial charge in [-0.3, -0.25) is 9.59 Å². The largest absolute Gasteiger partial charge is 0.483 e. The number of amides is 1. The smallest absolute Gasteiger partial charge is 0.290 e. The molecule has 1 heterocycles. The van der Waals surface area contributed by atoms with Crippen molar-refractivity contribution in [3.8, 4) is 0 Å². The molecule has 8 heteroatoms. The third-order valence-corrected chi connectivity index (χ3v) is 3.04. The fourth-order valence-electron chi connectivity index (χ4n) is 1.12. The van der Waals surface area contributed by atoms with Crippen LogP contribution in [0.15, 0.2) is 29.2 Å². The minimum absolute atomic E-state index is 0. The SMILES string of the molecule is O=C1NS(=O)(=O)c2ccccc21.O=CO.[Fe]. The van der Waals surface area contributed by atoms with E-state index < -0.39 is 15.9 Å². The number of hydrogen-bond acceptors (Lipinski definition) is 4. The maximum Gasteiger partial charge on any atom is 0.290 e. The summed E-state index contributed by atoms with van der Waals surface area (Å²) in [5, 5.41) is 6.89. The maximum atomic E-state index is 11.1. The molecule has 0 saturated heterocycles. The van der Waals surface area contributed by atoms with E-state index in [9.17, 15) is 13.2 Å². The minimum atomic E-state index is -3.55. The molecule has 0 fully saturated rings. The summed E-state index contributed by atoms with van der Waals surface area (Å²) in [6.07, 6.45) is 0. The summed E-state index contributed by atoms with van der Waals surface area (Å²) in [4.78, 5) is 19.4. The Hall–Kier alpha value is -1.37. The first kappa shape index (κ1) is 14.6. The summed E-state index contributed by atoms with van der Waals surface area (Å²) in [5.74, 6) is -0.550. The average Bonchev–Trinajstić information content (AvgIpc) is 2.40. The molecule has 1 aromatic rings. The van der Waals surface area contributed by atoms with Crippen molar-refractivity contribution in [3.63, 3.8) is 0 Å². The van der Waals surface area contributed by atoms with Crippen LogP contribution in [-0.2, 0) is 31.9 Å². The Labute approximate surface area is 102 Å². The monoisotopic (exact) mass is 285 g/mol. The third-order valence-electron chi connectivity index (χ3n) is 1.65. The summed E-state index contributed by atoms with van der Waals surface area (Å²) in [6.45, 7) is -0.250. The van der Waals surface area contributed by atoms with Gasteiger partial charge in [0.1, 0.15) is 4.90 Å². The summed E-state index contributed by atoms with van der Waals surface area (Å²) in [7, 11) is -3.55. The van der Waals surface area contributed by atoms with Crippen LogP contribution in [0.4, 0.5) is 0 Å².